The van der Waals surface area contributed by atoms with Crippen molar-refractivity contribution in [2.45, 2.75) is 289 Å². The third-order valence-electron chi connectivity index (χ3n) is 12.5. The number of amides is 1. The van der Waals surface area contributed by atoms with Gasteiger partial charge in [-0.15, -0.1) is 0 Å². The molecule has 0 aliphatic rings. The molecule has 65 heavy (non-hydrogen) atoms. The fourth-order valence-electron chi connectivity index (χ4n) is 8.18. The third kappa shape index (κ3) is 50.8. The molecule has 0 rings (SSSR count). The quantitative estimate of drug-likeness (QED) is 0.0321. The Labute approximate surface area is 403 Å². The van der Waals surface area contributed by atoms with E-state index in [0.717, 1.165) is 64.2 Å². The Morgan fingerprint density at radius 3 is 1.23 bits per heavy atom. The number of carbonyl (C=O) groups excluding carboxylic acids is 2. The minimum atomic E-state index is -0.882. The van der Waals surface area contributed by atoms with Crippen LogP contribution in [0.1, 0.15) is 277 Å². The van der Waals surface area contributed by atoms with Gasteiger partial charge in [0.25, 0.3) is 0 Å². The number of carbonyl (C=O) groups is 2. The van der Waals surface area contributed by atoms with Gasteiger partial charge in [-0.3, -0.25) is 9.59 Å². The smallest absolute Gasteiger partial charge is 0.305 e. The average Bonchev–Trinajstić information content (AvgIpc) is 3.31. The molecule has 0 fully saturated rings. The molecule has 0 aromatic heterocycles. The molecule has 6 nitrogen and oxygen atoms in total. The van der Waals surface area contributed by atoms with Crippen molar-refractivity contribution in [3.63, 3.8) is 0 Å². The van der Waals surface area contributed by atoms with Crippen molar-refractivity contribution in [2.24, 2.45) is 0 Å². The number of hydrogen-bond donors (Lipinski definition) is 3. The second-order valence-electron chi connectivity index (χ2n) is 18.9. The first kappa shape index (κ1) is 62.6. The maximum atomic E-state index is 12.4. The third-order valence-corrected chi connectivity index (χ3v) is 12.5. The molecule has 0 aliphatic heterocycles. The SMILES string of the molecule is CCCCC/C=C\C/C=C\CCCCCCCC(=O)OCCCCCCCC/C=C\C/C=C\CCC(=O)NC(CO)C(O)/C=C/CCCCCCCCCCCCCCCCCCCC. The van der Waals surface area contributed by atoms with Crippen molar-refractivity contribution in [3.8, 4) is 0 Å². The summed E-state index contributed by atoms with van der Waals surface area (Å²) in [6.07, 6.45) is 69.6. The lowest BCUT2D eigenvalue weighted by Gasteiger charge is -2.19. The summed E-state index contributed by atoms with van der Waals surface area (Å²) in [6.45, 7) is 4.80. The van der Waals surface area contributed by atoms with Crippen molar-refractivity contribution in [2.75, 3.05) is 13.2 Å². The highest BCUT2D eigenvalue weighted by molar-refractivity contribution is 5.76. The van der Waals surface area contributed by atoms with Crippen molar-refractivity contribution in [1.82, 2.24) is 5.32 Å². The van der Waals surface area contributed by atoms with Crippen LogP contribution in [0.5, 0.6) is 0 Å². The van der Waals surface area contributed by atoms with E-state index in [1.165, 1.54) is 180 Å². The summed E-state index contributed by atoms with van der Waals surface area (Å²) >= 11 is 0. The molecule has 0 saturated heterocycles. The van der Waals surface area contributed by atoms with E-state index >= 15 is 0 Å². The topological polar surface area (TPSA) is 95.9 Å². The molecule has 378 valence electrons. The Hall–Kier alpha value is -2.44. The number of unbranched alkanes of at least 4 members (excludes halogenated alkanes) is 32. The number of esters is 1. The fraction of sp³-hybridized carbons (Fsp3) is 0.797. The lowest BCUT2D eigenvalue weighted by Crippen LogP contribution is -2.45. The molecule has 0 aromatic carbocycles. The van der Waals surface area contributed by atoms with Crippen LogP contribution in [0, 0.1) is 0 Å². The standard InChI is InChI=1S/C59H107NO5/c1-3-5-7-9-11-13-15-17-19-20-21-22-23-25-27-31-35-39-43-47-51-57(62)56(55-61)60-58(63)52-48-44-40-36-32-28-26-30-34-38-42-46-50-54-65-59(64)53-49-45-41-37-33-29-24-18-16-14-12-10-8-6-4-2/h12,14,18,24,28,32,40,44,47,51,56-57,61-62H,3-11,13,15-17,19-23,25-27,29-31,33-39,41-43,45-46,48-50,52-55H2,1-2H3,(H,60,63)/b14-12-,24-18-,32-28-,44-40-,51-47+. The van der Waals surface area contributed by atoms with Crippen LogP contribution in [-0.2, 0) is 14.3 Å². The number of aliphatic hydroxyl groups excluding tert-OH is 2. The molecule has 0 heterocycles. The summed E-state index contributed by atoms with van der Waals surface area (Å²) in [5.41, 5.74) is 0. The van der Waals surface area contributed by atoms with E-state index in [2.05, 4.69) is 61.7 Å². The monoisotopic (exact) mass is 910 g/mol. The second kappa shape index (κ2) is 54.2. The lowest BCUT2D eigenvalue weighted by molar-refractivity contribution is -0.143. The summed E-state index contributed by atoms with van der Waals surface area (Å²) in [5.74, 6) is -0.182. The minimum absolute atomic E-state index is 0.0331. The molecule has 0 bridgehead atoms. The zero-order valence-corrected chi connectivity index (χ0v) is 43.0. The Morgan fingerprint density at radius 1 is 0.431 bits per heavy atom. The van der Waals surface area contributed by atoms with Crippen LogP contribution in [0.3, 0.4) is 0 Å². The molecule has 1 amide bonds. The average molecular weight is 911 g/mol. The van der Waals surface area contributed by atoms with E-state index in [1.54, 1.807) is 6.08 Å². The van der Waals surface area contributed by atoms with Gasteiger partial charge in [-0.05, 0) is 83.5 Å². The number of ether oxygens (including phenoxy) is 1. The normalized spacial score (nSPS) is 13.1. The van der Waals surface area contributed by atoms with E-state index in [-0.39, 0.29) is 18.5 Å². The second-order valence-corrected chi connectivity index (χ2v) is 18.9. The van der Waals surface area contributed by atoms with Crippen LogP contribution in [0.4, 0.5) is 0 Å². The van der Waals surface area contributed by atoms with Gasteiger partial charge in [0.15, 0.2) is 0 Å². The van der Waals surface area contributed by atoms with Crippen molar-refractivity contribution in [3.05, 3.63) is 60.8 Å². The Bertz CT molecular complexity index is 1140. The van der Waals surface area contributed by atoms with Crippen molar-refractivity contribution >= 4 is 11.9 Å². The van der Waals surface area contributed by atoms with Gasteiger partial charge in [0, 0.05) is 12.8 Å². The van der Waals surface area contributed by atoms with Crippen LogP contribution in [0.25, 0.3) is 0 Å². The molecule has 0 spiro atoms. The highest BCUT2D eigenvalue weighted by Gasteiger charge is 2.17. The Balaban J connectivity index is 3.60. The van der Waals surface area contributed by atoms with Crippen molar-refractivity contribution < 1.29 is 24.5 Å². The summed E-state index contributed by atoms with van der Waals surface area (Å²) < 4.78 is 5.45. The fourth-order valence-corrected chi connectivity index (χ4v) is 8.18. The zero-order chi connectivity index (χ0) is 47.2. The molecular formula is C59H107NO5. The molecule has 3 N–H and O–H groups in total. The van der Waals surface area contributed by atoms with Crippen LogP contribution < -0.4 is 5.32 Å². The van der Waals surface area contributed by atoms with Crippen molar-refractivity contribution in [1.29, 1.82) is 0 Å². The van der Waals surface area contributed by atoms with Gasteiger partial charge < -0.3 is 20.3 Å². The zero-order valence-electron chi connectivity index (χ0n) is 43.0. The first-order chi connectivity index (χ1) is 32.0. The molecule has 6 heteroatoms. The molecule has 0 aromatic rings. The van der Waals surface area contributed by atoms with Crippen LogP contribution in [0.15, 0.2) is 60.8 Å². The van der Waals surface area contributed by atoms with E-state index in [9.17, 15) is 19.8 Å². The van der Waals surface area contributed by atoms with Crippen LogP contribution in [0.2, 0.25) is 0 Å². The highest BCUT2D eigenvalue weighted by Crippen LogP contribution is 2.16. The predicted molar refractivity (Wildman–Crippen MR) is 282 cm³/mol. The van der Waals surface area contributed by atoms with Gasteiger partial charge in [0.1, 0.15) is 0 Å². The van der Waals surface area contributed by atoms with Gasteiger partial charge in [0.2, 0.25) is 5.91 Å². The number of nitrogens with one attached hydrogen (secondary N) is 1. The van der Waals surface area contributed by atoms with E-state index in [4.69, 9.17) is 4.74 Å². The maximum absolute atomic E-state index is 12.4. The van der Waals surface area contributed by atoms with Crippen LogP contribution >= 0.6 is 0 Å². The number of aliphatic hydroxyl groups is 2. The van der Waals surface area contributed by atoms with E-state index in [0.29, 0.717) is 25.9 Å². The predicted octanol–water partition coefficient (Wildman–Crippen LogP) is 17.2. The molecule has 2 atom stereocenters. The summed E-state index contributed by atoms with van der Waals surface area (Å²) in [5, 5.41) is 23.1. The minimum Gasteiger partial charge on any atom is -0.466 e. The van der Waals surface area contributed by atoms with Gasteiger partial charge in [-0.2, -0.15) is 0 Å². The Morgan fingerprint density at radius 2 is 0.785 bits per heavy atom. The number of allylic oxidation sites excluding steroid dienone is 9. The van der Waals surface area contributed by atoms with Gasteiger partial charge in [0.05, 0.1) is 25.4 Å². The summed E-state index contributed by atoms with van der Waals surface area (Å²) in [7, 11) is 0. The molecular weight excluding hydrogens is 803 g/mol. The largest absolute Gasteiger partial charge is 0.466 e. The summed E-state index contributed by atoms with van der Waals surface area (Å²) in [6, 6.07) is -0.674. The number of rotatable bonds is 51. The van der Waals surface area contributed by atoms with Gasteiger partial charge in [-0.25, -0.2) is 0 Å². The van der Waals surface area contributed by atoms with Gasteiger partial charge >= 0.3 is 5.97 Å². The first-order valence-electron chi connectivity index (χ1n) is 28.1. The summed E-state index contributed by atoms with van der Waals surface area (Å²) in [4.78, 5) is 24.5. The molecule has 2 unspecified atom stereocenters. The van der Waals surface area contributed by atoms with Gasteiger partial charge in [-0.1, -0.05) is 242 Å². The molecule has 0 radical (unpaired) electrons. The van der Waals surface area contributed by atoms with E-state index < -0.39 is 12.1 Å². The highest BCUT2D eigenvalue weighted by atomic mass is 16.5. The maximum Gasteiger partial charge on any atom is 0.305 e. The van der Waals surface area contributed by atoms with Crippen LogP contribution in [-0.4, -0.2) is 47.4 Å². The first-order valence-corrected chi connectivity index (χ1v) is 28.1. The lowest BCUT2D eigenvalue weighted by atomic mass is 10.0. The van der Waals surface area contributed by atoms with E-state index in [1.807, 2.05) is 12.2 Å². The Kier molecular flexibility index (Phi) is 52.1. The number of hydrogen-bond acceptors (Lipinski definition) is 5. The molecule has 0 aliphatic carbocycles. The molecule has 0 saturated carbocycles.